The standard InChI is InChI=1S/C18H16N6O/c1-25-15-8-13-4-2-3-12(13)7-14(15)23-16-9-17(22-11-21-16)24-18-10-19-5-6-20-18/h2-3,5-11H,4H2,1H3,(H2,20,21,22,23,24). The van der Waals surface area contributed by atoms with Crippen LogP contribution in [0.2, 0.25) is 0 Å². The van der Waals surface area contributed by atoms with E-state index in [1.54, 1.807) is 31.8 Å². The molecule has 0 aliphatic heterocycles. The summed E-state index contributed by atoms with van der Waals surface area (Å²) in [4.78, 5) is 16.7. The Labute approximate surface area is 144 Å². The van der Waals surface area contributed by atoms with Crippen molar-refractivity contribution in [2.45, 2.75) is 6.42 Å². The van der Waals surface area contributed by atoms with Crippen molar-refractivity contribution in [2.24, 2.45) is 0 Å². The first-order valence-electron chi connectivity index (χ1n) is 7.81. The van der Waals surface area contributed by atoms with Crippen molar-refractivity contribution in [2.75, 3.05) is 17.7 Å². The van der Waals surface area contributed by atoms with Crippen LogP contribution in [0.25, 0.3) is 6.08 Å². The van der Waals surface area contributed by atoms with Gasteiger partial charge in [0.25, 0.3) is 0 Å². The van der Waals surface area contributed by atoms with E-state index in [0.29, 0.717) is 17.5 Å². The van der Waals surface area contributed by atoms with Gasteiger partial charge < -0.3 is 15.4 Å². The summed E-state index contributed by atoms with van der Waals surface area (Å²) in [5, 5.41) is 6.39. The van der Waals surface area contributed by atoms with Gasteiger partial charge in [0.15, 0.2) is 0 Å². The quantitative estimate of drug-likeness (QED) is 0.741. The number of benzene rings is 1. The molecule has 0 amide bonds. The molecule has 124 valence electrons. The Hall–Kier alpha value is -3.48. The molecule has 4 rings (SSSR count). The summed E-state index contributed by atoms with van der Waals surface area (Å²) in [5.41, 5.74) is 3.31. The summed E-state index contributed by atoms with van der Waals surface area (Å²) in [7, 11) is 1.66. The Morgan fingerprint density at radius 2 is 1.84 bits per heavy atom. The van der Waals surface area contributed by atoms with Crippen LogP contribution in [-0.4, -0.2) is 27.0 Å². The third kappa shape index (κ3) is 3.25. The molecule has 1 aliphatic rings. The van der Waals surface area contributed by atoms with E-state index in [4.69, 9.17) is 4.74 Å². The van der Waals surface area contributed by atoms with E-state index in [1.165, 1.54) is 17.5 Å². The molecular formula is C18H16N6O. The lowest BCUT2D eigenvalue weighted by molar-refractivity contribution is 0.416. The molecule has 0 saturated carbocycles. The highest BCUT2D eigenvalue weighted by atomic mass is 16.5. The Balaban J connectivity index is 1.59. The average molecular weight is 332 g/mol. The number of anilines is 4. The van der Waals surface area contributed by atoms with Gasteiger partial charge in [0.1, 0.15) is 29.5 Å². The van der Waals surface area contributed by atoms with Gasteiger partial charge in [0.2, 0.25) is 0 Å². The molecule has 1 aromatic carbocycles. The molecule has 3 aromatic rings. The van der Waals surface area contributed by atoms with Crippen LogP contribution in [0.15, 0.2) is 49.2 Å². The van der Waals surface area contributed by atoms with Gasteiger partial charge in [-0.15, -0.1) is 0 Å². The van der Waals surface area contributed by atoms with Gasteiger partial charge in [-0.05, 0) is 29.7 Å². The van der Waals surface area contributed by atoms with E-state index < -0.39 is 0 Å². The minimum Gasteiger partial charge on any atom is -0.495 e. The smallest absolute Gasteiger partial charge is 0.150 e. The first-order valence-corrected chi connectivity index (χ1v) is 7.81. The third-order valence-electron chi connectivity index (χ3n) is 3.85. The molecule has 0 unspecified atom stereocenters. The Morgan fingerprint density at radius 3 is 2.64 bits per heavy atom. The van der Waals surface area contributed by atoms with Crippen molar-refractivity contribution in [3.8, 4) is 5.75 Å². The maximum atomic E-state index is 5.50. The highest BCUT2D eigenvalue weighted by Gasteiger charge is 2.12. The number of nitrogens with zero attached hydrogens (tertiary/aromatic N) is 4. The van der Waals surface area contributed by atoms with Crippen LogP contribution in [0.1, 0.15) is 11.1 Å². The largest absolute Gasteiger partial charge is 0.495 e. The molecule has 2 N–H and O–H groups in total. The van der Waals surface area contributed by atoms with Crippen LogP contribution in [0, 0.1) is 0 Å². The Kier molecular flexibility index (Phi) is 3.96. The average Bonchev–Trinajstić information content (AvgIpc) is 3.09. The van der Waals surface area contributed by atoms with Crippen molar-refractivity contribution in [3.63, 3.8) is 0 Å². The minimum absolute atomic E-state index is 0.618. The van der Waals surface area contributed by atoms with Crippen molar-refractivity contribution >= 4 is 29.2 Å². The first-order chi connectivity index (χ1) is 12.3. The summed E-state index contributed by atoms with van der Waals surface area (Å²) in [6, 6.07) is 5.92. The highest BCUT2D eigenvalue weighted by Crippen LogP contribution is 2.34. The summed E-state index contributed by atoms with van der Waals surface area (Å²) >= 11 is 0. The summed E-state index contributed by atoms with van der Waals surface area (Å²) in [5.74, 6) is 2.68. The molecular weight excluding hydrogens is 316 g/mol. The third-order valence-corrected chi connectivity index (χ3v) is 3.85. The van der Waals surface area contributed by atoms with Crippen LogP contribution >= 0.6 is 0 Å². The van der Waals surface area contributed by atoms with E-state index in [2.05, 4.69) is 54.9 Å². The van der Waals surface area contributed by atoms with E-state index in [1.807, 2.05) is 0 Å². The number of allylic oxidation sites excluding steroid dienone is 1. The number of ether oxygens (including phenoxy) is 1. The molecule has 0 atom stereocenters. The number of methoxy groups -OCH3 is 1. The lowest BCUT2D eigenvalue weighted by Crippen LogP contribution is -2.01. The van der Waals surface area contributed by atoms with Crippen LogP contribution in [-0.2, 0) is 6.42 Å². The first kappa shape index (κ1) is 15.1. The lowest BCUT2D eigenvalue weighted by Gasteiger charge is -2.13. The van der Waals surface area contributed by atoms with E-state index >= 15 is 0 Å². The second kappa shape index (κ2) is 6.56. The number of aromatic nitrogens is 4. The number of hydrogen-bond donors (Lipinski definition) is 2. The fourth-order valence-corrected chi connectivity index (χ4v) is 2.68. The Bertz CT molecular complexity index is 926. The Morgan fingerprint density at radius 1 is 0.960 bits per heavy atom. The molecule has 7 heteroatoms. The number of nitrogens with one attached hydrogen (secondary N) is 2. The molecule has 0 bridgehead atoms. The van der Waals surface area contributed by atoms with Crippen molar-refractivity contribution in [1.82, 2.24) is 19.9 Å². The second-order valence-corrected chi connectivity index (χ2v) is 5.49. The van der Waals surface area contributed by atoms with Gasteiger partial charge in [-0.25, -0.2) is 15.0 Å². The number of fused-ring (bicyclic) bond motifs is 1. The fraction of sp³-hybridized carbons (Fsp3) is 0.111. The molecule has 2 heterocycles. The van der Waals surface area contributed by atoms with Crippen LogP contribution in [0.3, 0.4) is 0 Å². The van der Waals surface area contributed by atoms with E-state index in [0.717, 1.165) is 17.9 Å². The zero-order chi connectivity index (χ0) is 17.1. The molecule has 1 aliphatic carbocycles. The van der Waals surface area contributed by atoms with Gasteiger partial charge in [-0.1, -0.05) is 12.2 Å². The monoisotopic (exact) mass is 332 g/mol. The predicted molar refractivity (Wildman–Crippen MR) is 96.4 cm³/mol. The molecule has 2 aromatic heterocycles. The predicted octanol–water partition coefficient (Wildman–Crippen LogP) is 3.33. The van der Waals surface area contributed by atoms with Gasteiger partial charge >= 0.3 is 0 Å². The maximum Gasteiger partial charge on any atom is 0.150 e. The minimum atomic E-state index is 0.618. The molecule has 7 nitrogen and oxygen atoms in total. The summed E-state index contributed by atoms with van der Waals surface area (Å²) in [6.45, 7) is 0. The molecule has 25 heavy (non-hydrogen) atoms. The van der Waals surface area contributed by atoms with Gasteiger partial charge in [0.05, 0.1) is 19.0 Å². The normalized spacial score (nSPS) is 11.9. The fourth-order valence-electron chi connectivity index (χ4n) is 2.68. The number of hydrogen-bond acceptors (Lipinski definition) is 7. The maximum absolute atomic E-state index is 5.50. The second-order valence-electron chi connectivity index (χ2n) is 5.49. The van der Waals surface area contributed by atoms with Crippen LogP contribution in [0.5, 0.6) is 5.75 Å². The molecule has 0 saturated heterocycles. The highest BCUT2D eigenvalue weighted by molar-refractivity contribution is 5.73. The molecule has 0 fully saturated rings. The topological polar surface area (TPSA) is 84.9 Å². The van der Waals surface area contributed by atoms with E-state index in [-0.39, 0.29) is 0 Å². The van der Waals surface area contributed by atoms with Gasteiger partial charge in [0, 0.05) is 18.5 Å². The lowest BCUT2D eigenvalue weighted by atomic mass is 10.1. The number of rotatable bonds is 5. The SMILES string of the molecule is COc1cc2c(cc1Nc1cc(Nc3cnccn3)ncn1)C=CC2. The van der Waals surface area contributed by atoms with Crippen LogP contribution < -0.4 is 15.4 Å². The zero-order valence-corrected chi connectivity index (χ0v) is 13.6. The van der Waals surface area contributed by atoms with Gasteiger partial charge in [-0.2, -0.15) is 0 Å². The van der Waals surface area contributed by atoms with Crippen LogP contribution in [0.4, 0.5) is 23.1 Å². The van der Waals surface area contributed by atoms with E-state index in [9.17, 15) is 0 Å². The van der Waals surface area contributed by atoms with Crippen molar-refractivity contribution in [1.29, 1.82) is 0 Å². The summed E-state index contributed by atoms with van der Waals surface area (Å²) in [6.07, 6.45) is 11.5. The zero-order valence-electron chi connectivity index (χ0n) is 13.6. The van der Waals surface area contributed by atoms with Gasteiger partial charge in [-0.3, -0.25) is 4.98 Å². The van der Waals surface area contributed by atoms with Crippen molar-refractivity contribution in [3.05, 3.63) is 60.3 Å². The van der Waals surface area contributed by atoms with Crippen molar-refractivity contribution < 1.29 is 4.74 Å². The summed E-state index contributed by atoms with van der Waals surface area (Å²) < 4.78 is 5.50. The molecule has 0 radical (unpaired) electrons. The molecule has 0 spiro atoms.